The fourth-order valence-corrected chi connectivity index (χ4v) is 7.86. The predicted octanol–water partition coefficient (Wildman–Crippen LogP) is 2.03. The van der Waals surface area contributed by atoms with E-state index in [1.165, 1.54) is 34.6 Å². The third-order valence-corrected chi connectivity index (χ3v) is 10.6. The van der Waals surface area contributed by atoms with Crippen LogP contribution in [0.2, 0.25) is 0 Å². The van der Waals surface area contributed by atoms with Crippen LogP contribution in [-0.4, -0.2) is 96.5 Å². The van der Waals surface area contributed by atoms with Crippen molar-refractivity contribution in [1.29, 1.82) is 0 Å². The number of carbonyl (C=O) groups is 4. The number of nitrogens with zero attached hydrogens (tertiary/aromatic N) is 4. The van der Waals surface area contributed by atoms with Gasteiger partial charge in [-0.3, -0.25) is 19.3 Å². The molecule has 1 saturated carbocycles. The molecular formula is C27H26FN5O7S3. The molecule has 6 rings (SSSR count). The molecule has 3 N–H and O–H groups in total. The fourth-order valence-electron chi connectivity index (χ4n) is 5.44. The van der Waals surface area contributed by atoms with Crippen molar-refractivity contribution >= 4 is 80.4 Å². The van der Waals surface area contributed by atoms with Gasteiger partial charge in [0.1, 0.15) is 21.4 Å². The number of β-lactam (4-membered cyclic amide) rings is 1. The number of thiocarbonyl (C=S) groups is 1. The summed E-state index contributed by atoms with van der Waals surface area (Å²) in [4.78, 5) is 65.7. The summed E-state index contributed by atoms with van der Waals surface area (Å²) in [6, 6.07) is 2.83. The quantitative estimate of drug-likeness (QED) is 0.284. The van der Waals surface area contributed by atoms with Crippen LogP contribution in [-0.2, 0) is 14.4 Å². The smallest absolute Gasteiger partial charge is 0.353 e. The largest absolute Gasteiger partial charge is 0.477 e. The Morgan fingerprint density at radius 1 is 1.09 bits per heavy atom. The molecular weight excluding hydrogens is 622 g/mol. The predicted molar refractivity (Wildman–Crippen MR) is 163 cm³/mol. The maximum atomic E-state index is 15.3. The van der Waals surface area contributed by atoms with E-state index in [9.17, 15) is 34.2 Å². The van der Waals surface area contributed by atoms with Gasteiger partial charge in [0.25, 0.3) is 0 Å². The van der Waals surface area contributed by atoms with Crippen molar-refractivity contribution in [1.82, 2.24) is 19.7 Å². The lowest BCUT2D eigenvalue weighted by Crippen LogP contribution is -2.48. The number of carboxylic acid groups (broad SMARTS) is 2. The number of carbonyl (C=O) groups excluding carboxylic acids is 2. The summed E-state index contributed by atoms with van der Waals surface area (Å²) in [7, 11) is 0. The number of aliphatic carboxylic acids is 1. The molecule has 0 spiro atoms. The van der Waals surface area contributed by atoms with Crippen molar-refractivity contribution in [3.63, 3.8) is 0 Å². The number of aromatic nitrogens is 1. The number of amides is 2. The molecule has 1 aliphatic carbocycles. The van der Waals surface area contributed by atoms with Crippen LogP contribution in [0.3, 0.4) is 0 Å². The molecule has 2 aromatic rings. The summed E-state index contributed by atoms with van der Waals surface area (Å²) in [5.74, 6) is -3.68. The van der Waals surface area contributed by atoms with Crippen LogP contribution in [0.1, 0.15) is 35.7 Å². The number of rotatable bonds is 8. The lowest BCUT2D eigenvalue weighted by Gasteiger charge is -2.37. The van der Waals surface area contributed by atoms with Crippen LogP contribution in [0.15, 0.2) is 33.7 Å². The number of nitrogens with one attached hydrogen (secondary N) is 1. The molecule has 4 heterocycles. The van der Waals surface area contributed by atoms with Gasteiger partial charge < -0.3 is 29.9 Å². The van der Waals surface area contributed by atoms with Gasteiger partial charge in [0.05, 0.1) is 35.3 Å². The standard InChI is InChI=1S/C27H26FN5O7S3/c28-16-7-14-17(32(13-1-2-13)11-15(24(14)36)25(37)38)8-18(16)30-3-5-31(6-4-30)27(41)42-12-20(34)29-10-19-23(26(39)40)33-21(35)9-22(33)43-19/h7-8,11,13,22H,1-6,9-10,12H2,(H,29,34)(H,37,38)(H,39,40)/t22-/m1/s1. The molecule has 1 aromatic heterocycles. The van der Waals surface area contributed by atoms with Gasteiger partial charge in [-0.05, 0) is 25.0 Å². The molecule has 1 atom stereocenters. The molecule has 4 aliphatic rings. The van der Waals surface area contributed by atoms with E-state index in [4.69, 9.17) is 12.2 Å². The summed E-state index contributed by atoms with van der Waals surface area (Å²) in [5, 5.41) is 21.5. The number of fused-ring (bicyclic) bond motifs is 2. The minimum Gasteiger partial charge on any atom is -0.477 e. The third-order valence-electron chi connectivity index (χ3n) is 7.81. The van der Waals surface area contributed by atoms with Crippen molar-refractivity contribution < 1.29 is 33.8 Å². The first-order chi connectivity index (χ1) is 20.5. The second-order valence-electron chi connectivity index (χ2n) is 10.6. The summed E-state index contributed by atoms with van der Waals surface area (Å²) in [6.07, 6.45) is 3.35. The molecule has 0 unspecified atom stereocenters. The van der Waals surface area contributed by atoms with E-state index in [1.807, 2.05) is 9.80 Å². The highest BCUT2D eigenvalue weighted by Crippen LogP contribution is 2.45. The zero-order valence-electron chi connectivity index (χ0n) is 22.6. The van der Waals surface area contributed by atoms with Crippen LogP contribution in [0.25, 0.3) is 10.9 Å². The molecule has 1 aromatic carbocycles. The number of carboxylic acids is 2. The topological polar surface area (TPSA) is 152 Å². The third kappa shape index (κ3) is 5.58. The first-order valence-electron chi connectivity index (χ1n) is 13.5. The van der Waals surface area contributed by atoms with Crippen LogP contribution < -0.4 is 15.6 Å². The van der Waals surface area contributed by atoms with Crippen LogP contribution in [0.4, 0.5) is 10.1 Å². The normalized spacial score (nSPS) is 19.9. The number of piperazine rings is 1. The zero-order valence-corrected chi connectivity index (χ0v) is 25.0. The summed E-state index contributed by atoms with van der Waals surface area (Å²) >= 11 is 7.98. The number of pyridine rings is 1. The maximum Gasteiger partial charge on any atom is 0.353 e. The van der Waals surface area contributed by atoms with Crippen LogP contribution in [0, 0.1) is 5.82 Å². The van der Waals surface area contributed by atoms with Crippen molar-refractivity contribution in [2.45, 2.75) is 30.7 Å². The lowest BCUT2D eigenvalue weighted by atomic mass is 10.1. The number of benzene rings is 1. The maximum absolute atomic E-state index is 15.3. The molecule has 2 amide bonds. The number of anilines is 1. The van der Waals surface area contributed by atoms with Gasteiger partial charge in [-0.15, -0.1) is 11.8 Å². The number of thioether (sulfide) groups is 2. The Kier molecular flexibility index (Phi) is 7.85. The minimum atomic E-state index is -1.34. The van der Waals surface area contributed by atoms with E-state index in [0.29, 0.717) is 46.6 Å². The summed E-state index contributed by atoms with van der Waals surface area (Å²) in [5.41, 5.74) is -0.320. The van der Waals surface area contributed by atoms with Gasteiger partial charge in [0, 0.05) is 48.7 Å². The second kappa shape index (κ2) is 11.5. The highest BCUT2D eigenvalue weighted by atomic mass is 32.2. The van der Waals surface area contributed by atoms with Gasteiger partial charge in [-0.25, -0.2) is 14.0 Å². The number of halogens is 1. The molecule has 3 fully saturated rings. The van der Waals surface area contributed by atoms with Crippen molar-refractivity contribution in [3.8, 4) is 0 Å². The number of aromatic carboxylic acids is 1. The Morgan fingerprint density at radius 3 is 2.44 bits per heavy atom. The molecule has 16 heteroatoms. The Morgan fingerprint density at radius 2 is 1.81 bits per heavy atom. The van der Waals surface area contributed by atoms with Crippen molar-refractivity contribution in [3.05, 3.63) is 50.5 Å². The van der Waals surface area contributed by atoms with Gasteiger partial charge in [0.2, 0.25) is 17.2 Å². The second-order valence-corrected chi connectivity index (χ2v) is 13.4. The van der Waals surface area contributed by atoms with Gasteiger partial charge >= 0.3 is 11.9 Å². The van der Waals surface area contributed by atoms with E-state index >= 15 is 4.39 Å². The Balaban J connectivity index is 1.05. The molecule has 43 heavy (non-hydrogen) atoms. The van der Waals surface area contributed by atoms with Crippen LogP contribution in [0.5, 0.6) is 0 Å². The van der Waals surface area contributed by atoms with E-state index < -0.39 is 23.2 Å². The Labute approximate surface area is 257 Å². The number of hydrogen-bond acceptors (Lipinski definition) is 9. The lowest BCUT2D eigenvalue weighted by molar-refractivity contribution is -0.145. The summed E-state index contributed by atoms with van der Waals surface area (Å²) in [6.45, 7) is 1.86. The highest BCUT2D eigenvalue weighted by Gasteiger charge is 2.48. The van der Waals surface area contributed by atoms with Crippen molar-refractivity contribution in [2.75, 3.05) is 43.4 Å². The van der Waals surface area contributed by atoms with Gasteiger partial charge in [0.15, 0.2) is 0 Å². The molecule has 0 radical (unpaired) electrons. The first-order valence-corrected chi connectivity index (χ1v) is 15.8. The van der Waals surface area contributed by atoms with E-state index in [2.05, 4.69) is 5.32 Å². The average Bonchev–Trinajstić information content (AvgIpc) is 3.77. The monoisotopic (exact) mass is 647 g/mol. The molecule has 3 aliphatic heterocycles. The Hall–Kier alpha value is -3.63. The zero-order chi connectivity index (χ0) is 30.6. The van der Waals surface area contributed by atoms with E-state index in [1.54, 1.807) is 10.6 Å². The van der Waals surface area contributed by atoms with E-state index in [-0.39, 0.29) is 58.6 Å². The van der Waals surface area contributed by atoms with Gasteiger partial charge in [-0.1, -0.05) is 24.0 Å². The van der Waals surface area contributed by atoms with Crippen LogP contribution >= 0.6 is 35.7 Å². The average molecular weight is 648 g/mol. The Bertz CT molecular complexity index is 1680. The summed E-state index contributed by atoms with van der Waals surface area (Å²) < 4.78 is 17.5. The van der Waals surface area contributed by atoms with Crippen molar-refractivity contribution in [2.24, 2.45) is 0 Å². The fraction of sp³-hybridized carbons (Fsp3) is 0.407. The molecule has 0 bridgehead atoms. The molecule has 226 valence electrons. The minimum absolute atomic E-state index is 0.0148. The SMILES string of the molecule is O=C(CSC(=S)N1CCN(c2cc3c(cc2F)c(=O)c(C(=O)O)cn3C2CC2)CC1)NCC1=C(C(=O)O)N2C(=O)C[C@H]2S1. The molecule has 12 nitrogen and oxygen atoms in total. The van der Waals surface area contributed by atoms with Gasteiger partial charge in [-0.2, -0.15) is 0 Å². The first kappa shape index (κ1) is 29.4. The van der Waals surface area contributed by atoms with E-state index in [0.717, 1.165) is 18.9 Å². The number of hydrogen-bond donors (Lipinski definition) is 3. The highest BCUT2D eigenvalue weighted by molar-refractivity contribution is 8.23. The molecule has 2 saturated heterocycles.